The number of benzene rings is 1. The van der Waals surface area contributed by atoms with E-state index in [-0.39, 0.29) is 5.91 Å². The van der Waals surface area contributed by atoms with E-state index in [2.05, 4.69) is 10.3 Å². The Morgan fingerprint density at radius 3 is 2.80 bits per heavy atom. The van der Waals surface area contributed by atoms with Crippen LogP contribution in [0.25, 0.3) is 10.9 Å². The van der Waals surface area contributed by atoms with Crippen LogP contribution in [0.15, 0.2) is 36.5 Å². The maximum absolute atomic E-state index is 11.9. The molecule has 3 N–H and O–H groups in total. The van der Waals surface area contributed by atoms with Crippen molar-refractivity contribution in [2.45, 2.75) is 32.1 Å². The second-order valence-corrected chi connectivity index (χ2v) is 4.88. The number of carbonyl (C=O) groups excluding carboxylic acids is 1. The molecule has 0 radical (unpaired) electrons. The summed E-state index contributed by atoms with van der Waals surface area (Å²) in [7, 11) is 0. The summed E-state index contributed by atoms with van der Waals surface area (Å²) in [5.74, 6) is 0.0640. The minimum atomic E-state index is 0.0640. The molecule has 0 fully saturated rings. The third-order valence-electron chi connectivity index (χ3n) is 3.28. The van der Waals surface area contributed by atoms with E-state index in [0.717, 1.165) is 48.8 Å². The topological polar surface area (TPSA) is 68.0 Å². The van der Waals surface area contributed by atoms with E-state index in [1.165, 1.54) is 0 Å². The predicted molar refractivity (Wildman–Crippen MR) is 82.5 cm³/mol. The van der Waals surface area contributed by atoms with Crippen LogP contribution in [0.3, 0.4) is 0 Å². The molecule has 2 aromatic rings. The first-order chi connectivity index (χ1) is 9.81. The van der Waals surface area contributed by atoms with Crippen molar-refractivity contribution in [1.82, 2.24) is 4.98 Å². The number of anilines is 1. The highest BCUT2D eigenvalue weighted by Gasteiger charge is 2.05. The molecule has 0 aliphatic rings. The van der Waals surface area contributed by atoms with Crippen LogP contribution < -0.4 is 11.1 Å². The van der Waals surface area contributed by atoms with Crippen LogP contribution in [-0.2, 0) is 4.79 Å². The van der Waals surface area contributed by atoms with Crippen molar-refractivity contribution in [3.63, 3.8) is 0 Å². The molecular formula is C16H21N3O. The molecule has 106 valence electrons. The Balaban J connectivity index is 1.90. The molecule has 0 unspecified atom stereocenters. The summed E-state index contributed by atoms with van der Waals surface area (Å²) in [6.45, 7) is 0.731. The smallest absolute Gasteiger partial charge is 0.224 e. The fourth-order valence-electron chi connectivity index (χ4n) is 2.21. The van der Waals surface area contributed by atoms with Gasteiger partial charge in [0, 0.05) is 18.0 Å². The Kier molecular flexibility index (Phi) is 5.50. The Labute approximate surface area is 119 Å². The van der Waals surface area contributed by atoms with Crippen molar-refractivity contribution in [3.8, 4) is 0 Å². The molecule has 2 rings (SSSR count). The molecule has 1 aromatic heterocycles. The van der Waals surface area contributed by atoms with Gasteiger partial charge < -0.3 is 11.1 Å². The van der Waals surface area contributed by atoms with Crippen molar-refractivity contribution in [1.29, 1.82) is 0 Å². The number of hydrogen-bond acceptors (Lipinski definition) is 3. The van der Waals surface area contributed by atoms with Gasteiger partial charge in [0.1, 0.15) is 0 Å². The Bertz CT molecular complexity index is 563. The quantitative estimate of drug-likeness (QED) is 0.760. The molecule has 1 heterocycles. The zero-order chi connectivity index (χ0) is 14.2. The van der Waals surface area contributed by atoms with Crippen LogP contribution in [0.2, 0.25) is 0 Å². The van der Waals surface area contributed by atoms with Gasteiger partial charge in [-0.05, 0) is 43.7 Å². The molecule has 0 spiro atoms. The van der Waals surface area contributed by atoms with E-state index in [1.807, 2.05) is 30.3 Å². The van der Waals surface area contributed by atoms with Gasteiger partial charge in [-0.1, -0.05) is 18.9 Å². The summed E-state index contributed by atoms with van der Waals surface area (Å²) in [5, 5.41) is 3.95. The fraction of sp³-hybridized carbons (Fsp3) is 0.375. The molecule has 0 aliphatic carbocycles. The van der Waals surface area contributed by atoms with E-state index in [1.54, 1.807) is 6.20 Å². The molecule has 4 nitrogen and oxygen atoms in total. The molecule has 1 aromatic carbocycles. The summed E-state index contributed by atoms with van der Waals surface area (Å²) in [5.41, 5.74) is 7.17. The summed E-state index contributed by atoms with van der Waals surface area (Å²) in [6, 6.07) is 9.62. The van der Waals surface area contributed by atoms with Crippen molar-refractivity contribution in [3.05, 3.63) is 36.5 Å². The second kappa shape index (κ2) is 7.60. The summed E-state index contributed by atoms with van der Waals surface area (Å²) < 4.78 is 0. The molecule has 0 aliphatic heterocycles. The van der Waals surface area contributed by atoms with E-state index in [9.17, 15) is 4.79 Å². The number of fused-ring (bicyclic) bond motifs is 1. The lowest BCUT2D eigenvalue weighted by atomic mass is 10.1. The number of nitrogens with one attached hydrogen (secondary N) is 1. The van der Waals surface area contributed by atoms with Gasteiger partial charge >= 0.3 is 0 Å². The number of carbonyl (C=O) groups is 1. The van der Waals surface area contributed by atoms with E-state index in [0.29, 0.717) is 6.42 Å². The maximum atomic E-state index is 11.9. The van der Waals surface area contributed by atoms with Gasteiger partial charge in [-0.25, -0.2) is 0 Å². The van der Waals surface area contributed by atoms with Gasteiger partial charge in [0.2, 0.25) is 5.91 Å². The minimum Gasteiger partial charge on any atom is -0.330 e. The number of pyridine rings is 1. The number of rotatable bonds is 7. The predicted octanol–water partition coefficient (Wildman–Crippen LogP) is 3.08. The minimum absolute atomic E-state index is 0.0640. The first kappa shape index (κ1) is 14.5. The first-order valence-electron chi connectivity index (χ1n) is 7.15. The number of unbranched alkanes of at least 4 members (excludes halogenated alkanes) is 3. The Morgan fingerprint density at radius 1 is 1.10 bits per heavy atom. The molecular weight excluding hydrogens is 250 g/mol. The normalized spacial score (nSPS) is 10.7. The van der Waals surface area contributed by atoms with Gasteiger partial charge in [-0.2, -0.15) is 0 Å². The molecule has 0 bridgehead atoms. The van der Waals surface area contributed by atoms with Gasteiger partial charge in [-0.15, -0.1) is 0 Å². The lowest BCUT2D eigenvalue weighted by Crippen LogP contribution is -2.11. The Hall–Kier alpha value is -1.94. The van der Waals surface area contributed by atoms with Gasteiger partial charge in [0.15, 0.2) is 0 Å². The molecule has 0 atom stereocenters. The molecule has 4 heteroatoms. The summed E-state index contributed by atoms with van der Waals surface area (Å²) in [6.07, 6.45) is 6.42. The highest BCUT2D eigenvalue weighted by Crippen LogP contribution is 2.21. The molecule has 0 saturated heterocycles. The second-order valence-electron chi connectivity index (χ2n) is 4.88. The number of aromatic nitrogens is 1. The zero-order valence-electron chi connectivity index (χ0n) is 11.6. The molecule has 20 heavy (non-hydrogen) atoms. The highest BCUT2D eigenvalue weighted by atomic mass is 16.1. The SMILES string of the molecule is NCCCCCCC(=O)Nc1cccc2ncccc12. The number of nitrogens with zero attached hydrogens (tertiary/aromatic N) is 1. The van der Waals surface area contributed by atoms with E-state index >= 15 is 0 Å². The van der Waals surface area contributed by atoms with Crippen LogP contribution in [0.4, 0.5) is 5.69 Å². The lowest BCUT2D eigenvalue weighted by molar-refractivity contribution is -0.116. The van der Waals surface area contributed by atoms with Crippen LogP contribution in [-0.4, -0.2) is 17.4 Å². The van der Waals surface area contributed by atoms with Crippen LogP contribution in [0.5, 0.6) is 0 Å². The highest BCUT2D eigenvalue weighted by molar-refractivity contribution is 6.00. The van der Waals surface area contributed by atoms with Gasteiger partial charge in [0.25, 0.3) is 0 Å². The number of hydrogen-bond donors (Lipinski definition) is 2. The van der Waals surface area contributed by atoms with Crippen molar-refractivity contribution in [2.75, 3.05) is 11.9 Å². The van der Waals surface area contributed by atoms with Crippen LogP contribution >= 0.6 is 0 Å². The third-order valence-corrected chi connectivity index (χ3v) is 3.28. The van der Waals surface area contributed by atoms with Crippen LogP contribution in [0.1, 0.15) is 32.1 Å². The van der Waals surface area contributed by atoms with E-state index in [4.69, 9.17) is 5.73 Å². The maximum Gasteiger partial charge on any atom is 0.224 e. The number of amides is 1. The monoisotopic (exact) mass is 271 g/mol. The lowest BCUT2D eigenvalue weighted by Gasteiger charge is -2.08. The summed E-state index contributed by atoms with van der Waals surface area (Å²) in [4.78, 5) is 16.2. The van der Waals surface area contributed by atoms with Crippen molar-refractivity contribution in [2.24, 2.45) is 5.73 Å². The van der Waals surface area contributed by atoms with Crippen molar-refractivity contribution >= 4 is 22.5 Å². The van der Waals surface area contributed by atoms with Gasteiger partial charge in [-0.3, -0.25) is 9.78 Å². The number of nitrogens with two attached hydrogens (primary N) is 1. The molecule has 1 amide bonds. The standard InChI is InChI=1S/C16H21N3O/c17-11-4-2-1-3-10-16(20)19-15-9-5-8-14-13(15)7-6-12-18-14/h5-9,12H,1-4,10-11,17H2,(H,19,20). The third kappa shape index (κ3) is 4.03. The average molecular weight is 271 g/mol. The van der Waals surface area contributed by atoms with Gasteiger partial charge in [0.05, 0.1) is 11.2 Å². The summed E-state index contributed by atoms with van der Waals surface area (Å²) >= 11 is 0. The molecule has 0 saturated carbocycles. The van der Waals surface area contributed by atoms with Crippen molar-refractivity contribution < 1.29 is 4.79 Å². The largest absolute Gasteiger partial charge is 0.330 e. The zero-order valence-corrected chi connectivity index (χ0v) is 11.6. The fourth-order valence-corrected chi connectivity index (χ4v) is 2.21. The van der Waals surface area contributed by atoms with E-state index < -0.39 is 0 Å². The van der Waals surface area contributed by atoms with Crippen LogP contribution in [0, 0.1) is 0 Å². The average Bonchev–Trinajstić information content (AvgIpc) is 2.47. The first-order valence-corrected chi connectivity index (χ1v) is 7.15. The Morgan fingerprint density at radius 2 is 1.95 bits per heavy atom.